The van der Waals surface area contributed by atoms with E-state index < -0.39 is 5.86 Å². The molecule has 0 amide bonds. The molecule has 0 saturated carbocycles. The number of rotatable bonds is 3. The molecule has 0 spiro atoms. The first-order valence-corrected chi connectivity index (χ1v) is 2.71. The van der Waals surface area contributed by atoms with Gasteiger partial charge in [-0.15, -0.1) is 11.6 Å². The second kappa shape index (κ2) is 4.13. The van der Waals surface area contributed by atoms with Crippen molar-refractivity contribution < 1.29 is 6.17 Å². The highest BCUT2D eigenvalue weighted by atomic mass is 35.5. The Bertz CT molecular complexity index is 82.5. The van der Waals surface area contributed by atoms with Crippen molar-refractivity contribution in [2.45, 2.75) is 19.8 Å². The van der Waals surface area contributed by atoms with Crippen molar-refractivity contribution in [3.63, 3.8) is 0 Å². The Morgan fingerprint density at radius 3 is 2.71 bits per heavy atom. The lowest BCUT2D eigenvalue weighted by Gasteiger charge is -1.85. The van der Waals surface area contributed by atoms with Crippen LogP contribution in [-0.2, 0) is 4.79 Å². The maximum absolute atomic E-state index is 10.4. The zero-order valence-electron chi connectivity index (χ0n) is 5.28. The normalized spacial score (nSPS) is 15.4. The minimum absolute atomic E-state index is 0.186. The summed E-state index contributed by atoms with van der Waals surface area (Å²) >= 11 is 5.12. The molecule has 0 aliphatic heterocycles. The first-order valence-electron chi connectivity index (χ1n) is 2.85. The fourth-order valence-electron chi connectivity index (χ4n) is 0.301. The summed E-state index contributed by atoms with van der Waals surface area (Å²) in [6, 6.07) is 0. The third kappa shape index (κ3) is 3.80. The van der Waals surface area contributed by atoms with Gasteiger partial charge < -0.3 is 0 Å². The minimum Gasteiger partial charge on any atom is -0.298 e. The Kier molecular flexibility index (Phi) is 3.01. The predicted octanol–water partition coefficient (Wildman–Crippen LogP) is 1.59. The summed E-state index contributed by atoms with van der Waals surface area (Å²) in [6.45, 7) is 1.89. The quantitative estimate of drug-likeness (QED) is 0.520. The van der Waals surface area contributed by atoms with E-state index in [9.17, 15) is 4.79 Å². The number of carbonyl (C=O) groups excluding carboxylic acids is 1. The fraction of sp³-hybridized carbons (Fsp3) is 0.800. The van der Waals surface area contributed by atoms with Crippen molar-refractivity contribution in [2.24, 2.45) is 0 Å². The number of hydrogen-bond acceptors (Lipinski definition) is 1. The SMILES string of the molecule is [3H]C(Cl)C(=O)CCC. The minimum atomic E-state index is -1.05. The van der Waals surface area contributed by atoms with Gasteiger partial charge in [0.25, 0.3) is 0 Å². The second-order valence-corrected chi connectivity index (χ2v) is 1.54. The molecule has 7 heavy (non-hydrogen) atoms. The summed E-state index contributed by atoms with van der Waals surface area (Å²) in [4.78, 5) is 10.4. The number of Topliss-reactive ketones (excluding diaryl/α,β-unsaturated/α-hetero) is 1. The van der Waals surface area contributed by atoms with Gasteiger partial charge in [-0.1, -0.05) is 6.92 Å². The van der Waals surface area contributed by atoms with Crippen LogP contribution >= 0.6 is 11.6 Å². The highest BCUT2D eigenvalue weighted by Crippen LogP contribution is 1.89. The molecule has 0 radical (unpaired) electrons. The molecule has 0 aromatic rings. The van der Waals surface area contributed by atoms with Crippen LogP contribution in [0, 0.1) is 0 Å². The molecule has 0 aromatic heterocycles. The van der Waals surface area contributed by atoms with Crippen LogP contribution in [0.25, 0.3) is 0 Å². The third-order valence-corrected chi connectivity index (χ3v) is 0.861. The molecule has 2 heteroatoms. The molecule has 0 rings (SSSR count). The van der Waals surface area contributed by atoms with Crippen LogP contribution in [-0.4, -0.2) is 11.6 Å². The van der Waals surface area contributed by atoms with E-state index in [-0.39, 0.29) is 5.78 Å². The zero-order chi connectivity index (χ0) is 6.57. The van der Waals surface area contributed by atoms with Crippen LogP contribution in [0.5, 0.6) is 0 Å². The van der Waals surface area contributed by atoms with Gasteiger partial charge in [0.05, 0.1) is 7.23 Å². The first-order chi connectivity index (χ1) is 3.68. The largest absolute Gasteiger partial charge is 0.298 e. The van der Waals surface area contributed by atoms with Crippen LogP contribution < -0.4 is 0 Å². The van der Waals surface area contributed by atoms with Crippen molar-refractivity contribution in [1.82, 2.24) is 0 Å². The number of alkyl halides is 1. The Balaban J connectivity index is 3.33. The van der Waals surface area contributed by atoms with E-state index in [1.807, 2.05) is 6.92 Å². The second-order valence-electron chi connectivity index (χ2n) is 1.33. The Hall–Kier alpha value is -0.0400. The van der Waals surface area contributed by atoms with Gasteiger partial charge >= 0.3 is 0 Å². The first kappa shape index (κ1) is 5.10. The number of halogens is 1. The van der Waals surface area contributed by atoms with Gasteiger partial charge in [0.2, 0.25) is 0 Å². The highest BCUT2D eigenvalue weighted by molar-refractivity contribution is 6.27. The van der Waals surface area contributed by atoms with Gasteiger partial charge in [0, 0.05) is 6.42 Å². The molecule has 1 atom stereocenters. The smallest absolute Gasteiger partial charge is 0.147 e. The topological polar surface area (TPSA) is 17.1 Å². The maximum Gasteiger partial charge on any atom is 0.147 e. The molecule has 0 aliphatic rings. The maximum atomic E-state index is 10.4. The summed E-state index contributed by atoms with van der Waals surface area (Å²) in [5.41, 5.74) is 0. The molecule has 0 fully saturated rings. The van der Waals surface area contributed by atoms with Gasteiger partial charge in [0.15, 0.2) is 0 Å². The standard InChI is InChI=1S/C5H9ClO/c1-2-3-5(7)4-6/h2-4H2,1H3/i4T. The monoisotopic (exact) mass is 122 g/mol. The van der Waals surface area contributed by atoms with Crippen molar-refractivity contribution in [3.05, 3.63) is 0 Å². The number of ketones is 1. The van der Waals surface area contributed by atoms with Gasteiger partial charge in [0.1, 0.15) is 5.78 Å². The number of carbonyl (C=O) groups is 1. The highest BCUT2D eigenvalue weighted by Gasteiger charge is 1.93. The summed E-state index contributed by atoms with van der Waals surface area (Å²) < 4.78 is 6.70. The van der Waals surface area contributed by atoms with E-state index in [4.69, 9.17) is 13.0 Å². The van der Waals surface area contributed by atoms with E-state index in [1.165, 1.54) is 0 Å². The summed E-state index contributed by atoms with van der Waals surface area (Å²) in [5.74, 6) is -1.23. The number of hydrogen-bond donors (Lipinski definition) is 0. The van der Waals surface area contributed by atoms with Crippen molar-refractivity contribution in [1.29, 1.82) is 0 Å². The molecule has 1 nitrogen and oxygen atoms in total. The van der Waals surface area contributed by atoms with Crippen LogP contribution in [0.2, 0.25) is 0 Å². The Morgan fingerprint density at radius 2 is 2.57 bits per heavy atom. The van der Waals surface area contributed by atoms with Crippen LogP contribution in [0.1, 0.15) is 21.1 Å². The summed E-state index contributed by atoms with van der Waals surface area (Å²) in [6.07, 6.45) is 1.21. The lowest BCUT2D eigenvalue weighted by Crippen LogP contribution is -1.96. The molecule has 0 aliphatic carbocycles. The van der Waals surface area contributed by atoms with Crippen LogP contribution in [0.15, 0.2) is 0 Å². The van der Waals surface area contributed by atoms with E-state index >= 15 is 0 Å². The van der Waals surface area contributed by atoms with Crippen LogP contribution in [0.3, 0.4) is 0 Å². The summed E-state index contributed by atoms with van der Waals surface area (Å²) in [5, 5.41) is 0. The lowest BCUT2D eigenvalue weighted by atomic mass is 10.3. The molecular weight excluding hydrogens is 112 g/mol. The van der Waals surface area contributed by atoms with Gasteiger partial charge in [-0.25, -0.2) is 0 Å². The molecule has 0 saturated heterocycles. The van der Waals surface area contributed by atoms with E-state index in [2.05, 4.69) is 0 Å². The predicted molar refractivity (Wildman–Crippen MR) is 30.6 cm³/mol. The molecule has 0 bridgehead atoms. The zero-order valence-corrected chi connectivity index (χ0v) is 5.03. The van der Waals surface area contributed by atoms with E-state index in [1.54, 1.807) is 0 Å². The fourth-order valence-corrected chi connectivity index (χ4v) is 0.410. The molecular formula is C5H9ClO. The van der Waals surface area contributed by atoms with Gasteiger partial charge in [-0.05, 0) is 6.42 Å². The molecule has 42 valence electrons. The molecule has 0 aromatic carbocycles. The average Bonchev–Trinajstić information content (AvgIpc) is 1.67. The van der Waals surface area contributed by atoms with Gasteiger partial charge in [-0.3, -0.25) is 4.79 Å². The lowest BCUT2D eigenvalue weighted by molar-refractivity contribution is -0.116. The molecule has 1 unspecified atom stereocenters. The molecule has 0 N–H and O–H groups in total. The Morgan fingerprint density at radius 1 is 2.00 bits per heavy atom. The molecule has 0 heterocycles. The van der Waals surface area contributed by atoms with Crippen molar-refractivity contribution in [2.75, 3.05) is 5.86 Å². The van der Waals surface area contributed by atoms with Crippen LogP contribution in [0.4, 0.5) is 0 Å². The van der Waals surface area contributed by atoms with E-state index in [0.29, 0.717) is 6.42 Å². The van der Waals surface area contributed by atoms with Crippen molar-refractivity contribution in [3.8, 4) is 0 Å². The van der Waals surface area contributed by atoms with Gasteiger partial charge in [-0.2, -0.15) is 0 Å². The summed E-state index contributed by atoms with van der Waals surface area (Å²) in [7, 11) is 0. The third-order valence-electron chi connectivity index (χ3n) is 0.618. The van der Waals surface area contributed by atoms with E-state index in [0.717, 1.165) is 6.42 Å². The van der Waals surface area contributed by atoms with Crippen molar-refractivity contribution >= 4 is 17.4 Å². The Labute approximate surface area is 50.1 Å². The average molecular weight is 123 g/mol.